The second-order valence-corrected chi connectivity index (χ2v) is 4.92. The molecule has 0 heterocycles. The molecule has 0 fully saturated rings. The Morgan fingerprint density at radius 3 is 2.44 bits per heavy atom. The summed E-state index contributed by atoms with van der Waals surface area (Å²) in [5.41, 5.74) is 5.86. The van der Waals surface area contributed by atoms with E-state index in [-0.39, 0.29) is 11.9 Å². The lowest BCUT2D eigenvalue weighted by molar-refractivity contribution is 0.614. The highest BCUT2D eigenvalue weighted by Crippen LogP contribution is 2.30. The average molecular weight is 309 g/mol. The lowest BCUT2D eigenvalue weighted by Crippen LogP contribution is -2.29. The van der Waals surface area contributed by atoms with Crippen LogP contribution in [0.1, 0.15) is 22.7 Å². The second kappa shape index (κ2) is 5.61. The van der Waals surface area contributed by atoms with E-state index in [1.165, 1.54) is 12.1 Å². The minimum absolute atomic E-state index is 0.167. The van der Waals surface area contributed by atoms with Crippen molar-refractivity contribution in [3.05, 3.63) is 69.4 Å². The van der Waals surface area contributed by atoms with Crippen LogP contribution in [0, 0.1) is 12.7 Å². The number of nitrogens with two attached hydrogens (primary N) is 1. The molecule has 0 aliphatic rings. The number of hydrogen-bond acceptors (Lipinski definition) is 2. The highest BCUT2D eigenvalue weighted by molar-refractivity contribution is 9.10. The van der Waals surface area contributed by atoms with Crippen LogP contribution in [0.15, 0.2) is 46.9 Å². The molecule has 0 aromatic heterocycles. The van der Waals surface area contributed by atoms with Crippen molar-refractivity contribution < 1.29 is 4.39 Å². The largest absolute Gasteiger partial charge is 0.271 e. The predicted molar refractivity (Wildman–Crippen MR) is 74.4 cm³/mol. The fourth-order valence-electron chi connectivity index (χ4n) is 1.91. The van der Waals surface area contributed by atoms with Crippen LogP contribution in [0.4, 0.5) is 4.39 Å². The van der Waals surface area contributed by atoms with Gasteiger partial charge in [-0.3, -0.25) is 5.84 Å². The van der Waals surface area contributed by atoms with Gasteiger partial charge in [0, 0.05) is 4.47 Å². The Kier molecular flexibility index (Phi) is 4.11. The zero-order chi connectivity index (χ0) is 13.1. The van der Waals surface area contributed by atoms with Gasteiger partial charge in [-0.1, -0.05) is 46.3 Å². The third-order valence-electron chi connectivity index (χ3n) is 2.90. The Balaban J connectivity index is 2.45. The van der Waals surface area contributed by atoms with Crippen LogP contribution in [0.3, 0.4) is 0 Å². The third-order valence-corrected chi connectivity index (χ3v) is 3.99. The molecule has 0 saturated heterocycles. The summed E-state index contributed by atoms with van der Waals surface area (Å²) in [4.78, 5) is 0. The van der Waals surface area contributed by atoms with Gasteiger partial charge in [0.1, 0.15) is 5.82 Å². The Morgan fingerprint density at radius 1 is 1.17 bits per heavy atom. The van der Waals surface area contributed by atoms with E-state index in [0.29, 0.717) is 0 Å². The molecule has 0 spiro atoms. The monoisotopic (exact) mass is 308 g/mol. The van der Waals surface area contributed by atoms with E-state index >= 15 is 0 Å². The molecule has 0 amide bonds. The summed E-state index contributed by atoms with van der Waals surface area (Å²) in [5.74, 6) is 5.38. The van der Waals surface area contributed by atoms with Crippen LogP contribution in [-0.2, 0) is 0 Å². The standard InChI is InChI=1S/C14H14BrFN2/c1-9-3-2-4-12(13(9)15)14(18-17)10-5-7-11(16)8-6-10/h2-8,14,18H,17H2,1H3. The van der Waals surface area contributed by atoms with Crippen molar-refractivity contribution in [1.29, 1.82) is 0 Å². The van der Waals surface area contributed by atoms with Crippen molar-refractivity contribution in [3.8, 4) is 0 Å². The van der Waals surface area contributed by atoms with Crippen LogP contribution in [0.5, 0.6) is 0 Å². The fourth-order valence-corrected chi connectivity index (χ4v) is 2.41. The van der Waals surface area contributed by atoms with Crippen LogP contribution >= 0.6 is 15.9 Å². The quantitative estimate of drug-likeness (QED) is 0.673. The van der Waals surface area contributed by atoms with E-state index in [0.717, 1.165) is 21.2 Å². The Bertz CT molecular complexity index is 540. The molecule has 4 heteroatoms. The maximum Gasteiger partial charge on any atom is 0.123 e. The van der Waals surface area contributed by atoms with E-state index in [9.17, 15) is 4.39 Å². The first-order valence-corrected chi connectivity index (χ1v) is 6.39. The summed E-state index contributed by atoms with van der Waals surface area (Å²) in [6.07, 6.45) is 0. The number of hydrogen-bond donors (Lipinski definition) is 2. The molecule has 1 atom stereocenters. The summed E-state index contributed by atoms with van der Waals surface area (Å²) in [7, 11) is 0. The third kappa shape index (κ3) is 2.61. The lowest BCUT2D eigenvalue weighted by atomic mass is 9.98. The summed E-state index contributed by atoms with van der Waals surface area (Å²) < 4.78 is 14.0. The molecule has 0 bridgehead atoms. The molecular formula is C14H14BrFN2. The van der Waals surface area contributed by atoms with E-state index < -0.39 is 0 Å². The summed E-state index contributed by atoms with van der Waals surface area (Å²) in [6.45, 7) is 2.02. The number of hydrazine groups is 1. The van der Waals surface area contributed by atoms with Crippen LogP contribution < -0.4 is 11.3 Å². The normalized spacial score (nSPS) is 12.4. The predicted octanol–water partition coefficient (Wildman–Crippen LogP) is 3.45. The lowest BCUT2D eigenvalue weighted by Gasteiger charge is -2.19. The first-order valence-electron chi connectivity index (χ1n) is 5.60. The van der Waals surface area contributed by atoms with Gasteiger partial charge in [0.2, 0.25) is 0 Å². The SMILES string of the molecule is Cc1cccc(C(NN)c2ccc(F)cc2)c1Br. The summed E-state index contributed by atoms with van der Waals surface area (Å²) in [6, 6.07) is 12.1. The van der Waals surface area contributed by atoms with E-state index in [1.54, 1.807) is 12.1 Å². The molecule has 2 rings (SSSR count). The first kappa shape index (κ1) is 13.2. The van der Waals surface area contributed by atoms with Crippen molar-refractivity contribution in [2.45, 2.75) is 13.0 Å². The Hall–Kier alpha value is -1.23. The van der Waals surface area contributed by atoms with Gasteiger partial charge in [-0.05, 0) is 35.7 Å². The smallest absolute Gasteiger partial charge is 0.123 e. The van der Waals surface area contributed by atoms with Crippen molar-refractivity contribution in [2.24, 2.45) is 5.84 Å². The van der Waals surface area contributed by atoms with Gasteiger partial charge in [0.05, 0.1) is 6.04 Å². The molecule has 18 heavy (non-hydrogen) atoms. The number of benzene rings is 2. The maximum absolute atomic E-state index is 12.9. The van der Waals surface area contributed by atoms with E-state index in [2.05, 4.69) is 21.4 Å². The number of halogens is 2. The first-order chi connectivity index (χ1) is 8.63. The van der Waals surface area contributed by atoms with E-state index in [1.807, 2.05) is 25.1 Å². The van der Waals surface area contributed by atoms with Gasteiger partial charge < -0.3 is 0 Å². The molecule has 94 valence electrons. The zero-order valence-corrected chi connectivity index (χ0v) is 11.5. The van der Waals surface area contributed by atoms with E-state index in [4.69, 9.17) is 5.84 Å². The van der Waals surface area contributed by atoms with Gasteiger partial charge in [-0.25, -0.2) is 9.82 Å². The molecular weight excluding hydrogens is 295 g/mol. The minimum Gasteiger partial charge on any atom is -0.271 e. The topological polar surface area (TPSA) is 38.0 Å². The molecule has 2 aromatic rings. The zero-order valence-electron chi connectivity index (χ0n) is 9.95. The number of rotatable bonds is 3. The van der Waals surface area contributed by atoms with Crippen molar-refractivity contribution >= 4 is 15.9 Å². The average Bonchev–Trinajstić information content (AvgIpc) is 2.37. The van der Waals surface area contributed by atoms with Crippen LogP contribution in [0.25, 0.3) is 0 Å². The fraction of sp³-hybridized carbons (Fsp3) is 0.143. The van der Waals surface area contributed by atoms with Gasteiger partial charge in [0.15, 0.2) is 0 Å². The Morgan fingerprint density at radius 2 is 1.83 bits per heavy atom. The van der Waals surface area contributed by atoms with Gasteiger partial charge in [0.25, 0.3) is 0 Å². The molecule has 1 unspecified atom stereocenters. The number of aryl methyl sites for hydroxylation is 1. The van der Waals surface area contributed by atoms with Crippen molar-refractivity contribution in [3.63, 3.8) is 0 Å². The summed E-state index contributed by atoms with van der Waals surface area (Å²) >= 11 is 3.56. The van der Waals surface area contributed by atoms with Crippen molar-refractivity contribution in [1.82, 2.24) is 5.43 Å². The molecule has 3 N–H and O–H groups in total. The van der Waals surface area contributed by atoms with Crippen LogP contribution in [-0.4, -0.2) is 0 Å². The maximum atomic E-state index is 12.9. The molecule has 2 nitrogen and oxygen atoms in total. The van der Waals surface area contributed by atoms with Gasteiger partial charge in [-0.15, -0.1) is 0 Å². The van der Waals surface area contributed by atoms with Gasteiger partial charge in [-0.2, -0.15) is 0 Å². The minimum atomic E-state index is -0.252. The molecule has 2 aromatic carbocycles. The van der Waals surface area contributed by atoms with Gasteiger partial charge >= 0.3 is 0 Å². The highest BCUT2D eigenvalue weighted by atomic mass is 79.9. The number of nitrogens with one attached hydrogen (secondary N) is 1. The molecule has 0 aliphatic heterocycles. The molecule has 0 aliphatic carbocycles. The highest BCUT2D eigenvalue weighted by Gasteiger charge is 2.16. The van der Waals surface area contributed by atoms with Crippen LogP contribution in [0.2, 0.25) is 0 Å². The second-order valence-electron chi connectivity index (χ2n) is 4.13. The summed E-state index contributed by atoms with van der Waals surface area (Å²) in [5, 5.41) is 0. The molecule has 0 saturated carbocycles. The molecule has 0 radical (unpaired) electrons. The van der Waals surface area contributed by atoms with Crippen molar-refractivity contribution in [2.75, 3.05) is 0 Å². The Labute approximate surface area is 114 Å².